The van der Waals surface area contributed by atoms with Crippen molar-refractivity contribution >= 4 is 22.8 Å². The fourth-order valence-electron chi connectivity index (χ4n) is 4.26. The third-order valence-electron chi connectivity index (χ3n) is 6.71. The van der Waals surface area contributed by atoms with E-state index >= 15 is 0 Å². The molecule has 5 nitrogen and oxygen atoms in total. The van der Waals surface area contributed by atoms with Gasteiger partial charge in [-0.05, 0) is 0 Å². The Morgan fingerprint density at radius 1 is 0.848 bits per heavy atom. The first kappa shape index (κ1) is 32.6. The Balaban J connectivity index is 6.47. The standard InChI is InChI=1S/C23H47F3NO4PS/c1-7-12-16-32(17-13-8-2,18-14-9-3,19-15-10-4)31-22(28)21(20(6)11-5)27-33(29,30)23(24,25)26/h20-21,27H,7-19H2,1-6H3/t20-,21-/m0/s1. The van der Waals surface area contributed by atoms with E-state index in [9.17, 15) is 26.4 Å². The summed E-state index contributed by atoms with van der Waals surface area (Å²) in [5.41, 5.74) is -5.49. The van der Waals surface area contributed by atoms with Crippen molar-refractivity contribution in [1.82, 2.24) is 4.72 Å². The van der Waals surface area contributed by atoms with Gasteiger partial charge < -0.3 is 0 Å². The molecule has 10 heteroatoms. The Kier molecular flexibility index (Phi) is 14.1. The average Bonchev–Trinajstić information content (AvgIpc) is 2.76. The van der Waals surface area contributed by atoms with Gasteiger partial charge in [0, 0.05) is 0 Å². The van der Waals surface area contributed by atoms with Gasteiger partial charge in [-0.15, -0.1) is 0 Å². The molecule has 0 aromatic heterocycles. The SMILES string of the molecule is CCCCP(CCCC)(CCCC)(CCCC)OC(=O)[C@@H](NS(=O)(=O)C(F)(F)F)[C@@H](C)CC. The van der Waals surface area contributed by atoms with Crippen molar-refractivity contribution in [2.45, 2.75) is 111 Å². The summed E-state index contributed by atoms with van der Waals surface area (Å²) in [5.74, 6) is -1.47. The van der Waals surface area contributed by atoms with Gasteiger partial charge in [0.25, 0.3) is 0 Å². The fraction of sp³-hybridized carbons (Fsp3) is 0.957. The fourth-order valence-corrected chi connectivity index (χ4v) is 11.9. The molecule has 0 unspecified atom stereocenters. The average molecular weight is 522 g/mol. The molecule has 0 aliphatic rings. The molecule has 0 aromatic rings. The molecular formula is C23H47F3NO4PS. The van der Waals surface area contributed by atoms with Crippen LogP contribution in [0.1, 0.15) is 99.3 Å². The summed E-state index contributed by atoms with van der Waals surface area (Å²) in [7, 11) is -5.68. The van der Waals surface area contributed by atoms with Crippen LogP contribution in [0.2, 0.25) is 0 Å². The molecule has 0 bridgehead atoms. The Labute approximate surface area is 200 Å². The van der Waals surface area contributed by atoms with Crippen LogP contribution in [-0.4, -0.2) is 50.6 Å². The molecule has 1 N–H and O–H groups in total. The molecular weight excluding hydrogens is 474 g/mol. The van der Waals surface area contributed by atoms with Gasteiger partial charge in [0.15, 0.2) is 0 Å². The third kappa shape index (κ3) is 9.64. The first-order valence-corrected chi connectivity index (χ1v) is 17.0. The number of nitrogens with one attached hydrogen (secondary N) is 1. The van der Waals surface area contributed by atoms with Crippen LogP contribution in [0.25, 0.3) is 0 Å². The van der Waals surface area contributed by atoms with Crippen LogP contribution in [0.4, 0.5) is 13.2 Å². The van der Waals surface area contributed by atoms with Gasteiger partial charge in [-0.25, -0.2) is 0 Å². The Morgan fingerprint density at radius 2 is 1.21 bits per heavy atom. The van der Waals surface area contributed by atoms with E-state index in [1.807, 2.05) is 0 Å². The van der Waals surface area contributed by atoms with Crippen LogP contribution < -0.4 is 4.72 Å². The molecule has 0 spiro atoms. The van der Waals surface area contributed by atoms with E-state index in [2.05, 4.69) is 27.7 Å². The normalized spacial score (nSPS) is 16.1. The van der Waals surface area contributed by atoms with E-state index in [1.54, 1.807) is 18.6 Å². The number of hydrogen-bond donors (Lipinski definition) is 1. The van der Waals surface area contributed by atoms with Crippen LogP contribution in [-0.2, 0) is 19.3 Å². The zero-order chi connectivity index (χ0) is 25.8. The van der Waals surface area contributed by atoms with Crippen LogP contribution in [0.15, 0.2) is 0 Å². The van der Waals surface area contributed by atoms with E-state index < -0.39 is 40.3 Å². The van der Waals surface area contributed by atoms with Crippen molar-refractivity contribution in [3.05, 3.63) is 0 Å². The first-order valence-electron chi connectivity index (χ1n) is 12.6. The maximum absolute atomic E-state index is 13.5. The molecule has 0 saturated carbocycles. The van der Waals surface area contributed by atoms with Gasteiger partial charge >= 0.3 is 200 Å². The summed E-state index contributed by atoms with van der Waals surface area (Å²) in [6.07, 6.45) is 10.6. The molecule has 2 atom stereocenters. The van der Waals surface area contributed by atoms with Gasteiger partial charge in [-0.1, -0.05) is 0 Å². The molecule has 0 amide bonds. The van der Waals surface area contributed by atoms with Gasteiger partial charge in [0.1, 0.15) is 0 Å². The molecule has 0 fully saturated rings. The molecule has 33 heavy (non-hydrogen) atoms. The number of unbranched alkanes of at least 4 members (excludes halogenated alkanes) is 4. The van der Waals surface area contributed by atoms with Gasteiger partial charge in [0.2, 0.25) is 0 Å². The molecule has 0 radical (unpaired) electrons. The van der Waals surface area contributed by atoms with Crippen LogP contribution >= 0.6 is 6.83 Å². The topological polar surface area (TPSA) is 72.5 Å². The number of hydrogen-bond acceptors (Lipinski definition) is 4. The summed E-state index contributed by atoms with van der Waals surface area (Å²) in [6, 6.07) is -1.56. The van der Waals surface area contributed by atoms with E-state index in [0.29, 0.717) is 6.42 Å². The molecule has 0 heterocycles. The molecule has 0 aliphatic carbocycles. The minimum absolute atomic E-state index is 0.337. The van der Waals surface area contributed by atoms with Crippen molar-refractivity contribution < 1.29 is 30.9 Å². The predicted molar refractivity (Wildman–Crippen MR) is 133 cm³/mol. The number of carbonyl (C=O) groups is 1. The molecule has 0 aromatic carbocycles. The van der Waals surface area contributed by atoms with Crippen molar-refractivity contribution in [1.29, 1.82) is 0 Å². The number of sulfonamides is 1. The summed E-state index contributed by atoms with van der Waals surface area (Å²) < 4.78 is 71.2. The number of rotatable bonds is 18. The quantitative estimate of drug-likeness (QED) is 0.196. The maximum atomic E-state index is 13.5. The van der Waals surface area contributed by atoms with Crippen molar-refractivity contribution in [3.8, 4) is 0 Å². The van der Waals surface area contributed by atoms with Gasteiger partial charge in [-0.2, -0.15) is 0 Å². The zero-order valence-electron chi connectivity index (χ0n) is 21.5. The van der Waals surface area contributed by atoms with Crippen LogP contribution in [0.3, 0.4) is 0 Å². The summed E-state index contributed by atoms with van der Waals surface area (Å²) in [5, 5.41) is 0. The van der Waals surface area contributed by atoms with Gasteiger partial charge in [-0.3, -0.25) is 0 Å². The Morgan fingerprint density at radius 3 is 1.48 bits per heavy atom. The second kappa shape index (κ2) is 14.2. The Bertz CT molecular complexity index is 642. The van der Waals surface area contributed by atoms with E-state index in [1.165, 1.54) is 0 Å². The second-order valence-electron chi connectivity index (χ2n) is 9.51. The van der Waals surface area contributed by atoms with Crippen LogP contribution in [0.5, 0.6) is 0 Å². The summed E-state index contributed by atoms with van der Waals surface area (Å²) in [4.78, 5) is 13.5. The molecule has 0 saturated heterocycles. The number of halogens is 3. The van der Waals surface area contributed by atoms with E-state index in [0.717, 1.165) is 76.0 Å². The number of alkyl halides is 3. The van der Waals surface area contributed by atoms with Crippen molar-refractivity contribution in [2.75, 3.05) is 24.6 Å². The Hall–Kier alpha value is -0.400. The van der Waals surface area contributed by atoms with E-state index in [-0.39, 0.29) is 0 Å². The molecule has 0 aliphatic heterocycles. The summed E-state index contributed by atoms with van der Waals surface area (Å²) in [6.45, 7) is 8.49. The predicted octanol–water partition coefficient (Wildman–Crippen LogP) is 7.05. The van der Waals surface area contributed by atoms with Crippen molar-refractivity contribution in [3.63, 3.8) is 0 Å². The molecule has 0 rings (SSSR count). The van der Waals surface area contributed by atoms with E-state index in [4.69, 9.17) is 4.52 Å². The third-order valence-corrected chi connectivity index (χ3v) is 14.4. The van der Waals surface area contributed by atoms with Crippen LogP contribution in [0, 0.1) is 5.92 Å². The monoisotopic (exact) mass is 521 g/mol. The minimum atomic E-state index is -5.68. The van der Waals surface area contributed by atoms with Crippen molar-refractivity contribution in [2.24, 2.45) is 5.92 Å². The second-order valence-corrected chi connectivity index (χ2v) is 16.9. The first-order chi connectivity index (χ1) is 15.3. The van der Waals surface area contributed by atoms with Gasteiger partial charge in [0.05, 0.1) is 0 Å². The summed E-state index contributed by atoms with van der Waals surface area (Å²) >= 11 is 0. The number of carbonyl (C=O) groups excluding carboxylic acids is 1. The zero-order valence-corrected chi connectivity index (χ0v) is 23.2. The molecule has 200 valence electrons.